The van der Waals surface area contributed by atoms with Crippen LogP contribution in [-0.2, 0) is 11.2 Å². The average molecular weight is 281 g/mol. The van der Waals surface area contributed by atoms with Gasteiger partial charge in [-0.25, -0.2) is 4.98 Å². The molecule has 2 aromatic rings. The molecular weight excluding hydrogens is 272 g/mol. The van der Waals surface area contributed by atoms with Crippen LogP contribution in [0.3, 0.4) is 0 Å². The first-order valence-electron chi connectivity index (χ1n) is 5.30. The summed E-state index contributed by atoms with van der Waals surface area (Å²) in [4.78, 5) is 16.4. The molecule has 6 heteroatoms. The van der Waals surface area contributed by atoms with Crippen LogP contribution in [0.15, 0.2) is 12.3 Å². The van der Waals surface area contributed by atoms with Crippen LogP contribution in [0.25, 0.3) is 10.2 Å². The van der Waals surface area contributed by atoms with E-state index in [-0.39, 0.29) is 6.42 Å². The van der Waals surface area contributed by atoms with Crippen molar-refractivity contribution in [3.8, 4) is 6.07 Å². The first-order chi connectivity index (χ1) is 8.61. The fourth-order valence-corrected chi connectivity index (χ4v) is 2.96. The van der Waals surface area contributed by atoms with E-state index in [1.165, 1.54) is 17.5 Å². The van der Waals surface area contributed by atoms with Gasteiger partial charge >= 0.3 is 5.97 Å². The van der Waals surface area contributed by atoms with E-state index in [9.17, 15) is 4.79 Å². The predicted octanol–water partition coefficient (Wildman–Crippen LogP) is 3.23. The molecule has 92 valence electrons. The summed E-state index contributed by atoms with van der Waals surface area (Å²) in [5.41, 5.74) is 0.360. The van der Waals surface area contributed by atoms with Gasteiger partial charge in [0, 0.05) is 22.9 Å². The largest absolute Gasteiger partial charge is 0.481 e. The number of pyridine rings is 1. The van der Waals surface area contributed by atoms with E-state index in [1.807, 2.05) is 12.1 Å². The minimum atomic E-state index is -0.793. The van der Waals surface area contributed by atoms with E-state index in [4.69, 9.17) is 22.0 Å². The zero-order chi connectivity index (χ0) is 13.1. The maximum atomic E-state index is 10.4. The molecule has 1 N–H and O–H groups in total. The molecule has 18 heavy (non-hydrogen) atoms. The number of nitriles is 1. The molecular formula is C12H9ClN2O2S. The Balaban J connectivity index is 2.25. The van der Waals surface area contributed by atoms with Gasteiger partial charge in [0.15, 0.2) is 0 Å². The minimum Gasteiger partial charge on any atom is -0.481 e. The van der Waals surface area contributed by atoms with E-state index in [0.717, 1.165) is 15.1 Å². The van der Waals surface area contributed by atoms with Crippen molar-refractivity contribution in [2.45, 2.75) is 19.3 Å². The number of carboxylic acid groups (broad SMARTS) is 1. The summed E-state index contributed by atoms with van der Waals surface area (Å²) in [5.74, 6) is -0.793. The van der Waals surface area contributed by atoms with Crippen LogP contribution in [0.4, 0.5) is 0 Å². The van der Waals surface area contributed by atoms with Crippen LogP contribution in [0.5, 0.6) is 0 Å². The highest BCUT2D eigenvalue weighted by Gasteiger charge is 2.10. The SMILES string of the molecule is N#Cc1cnc2sc(CCCC(=O)O)cc2c1Cl. The Kier molecular flexibility index (Phi) is 3.80. The summed E-state index contributed by atoms with van der Waals surface area (Å²) in [7, 11) is 0. The summed E-state index contributed by atoms with van der Waals surface area (Å²) < 4.78 is 0. The van der Waals surface area contributed by atoms with Crippen LogP contribution in [0.2, 0.25) is 5.02 Å². The molecule has 0 aliphatic heterocycles. The Bertz CT molecular complexity index is 645. The second-order valence-corrected chi connectivity index (χ2v) is 5.27. The highest BCUT2D eigenvalue weighted by atomic mass is 35.5. The zero-order valence-corrected chi connectivity index (χ0v) is 10.9. The molecule has 0 saturated carbocycles. The number of nitrogens with zero attached hydrogens (tertiary/aromatic N) is 2. The first-order valence-corrected chi connectivity index (χ1v) is 6.50. The summed E-state index contributed by atoms with van der Waals surface area (Å²) in [6.45, 7) is 0. The number of hydrogen-bond donors (Lipinski definition) is 1. The van der Waals surface area contributed by atoms with Gasteiger partial charge in [0.25, 0.3) is 0 Å². The van der Waals surface area contributed by atoms with Gasteiger partial charge in [-0.3, -0.25) is 4.79 Å². The third-order valence-electron chi connectivity index (χ3n) is 2.48. The number of carbonyl (C=O) groups is 1. The molecule has 0 atom stereocenters. The normalized spacial score (nSPS) is 10.4. The number of fused-ring (bicyclic) bond motifs is 1. The Morgan fingerprint density at radius 1 is 1.61 bits per heavy atom. The Labute approximate surface area is 112 Å². The van der Waals surface area contributed by atoms with Crippen molar-refractivity contribution < 1.29 is 9.90 Å². The monoisotopic (exact) mass is 280 g/mol. The molecule has 0 saturated heterocycles. The smallest absolute Gasteiger partial charge is 0.303 e. The number of rotatable bonds is 4. The van der Waals surface area contributed by atoms with Gasteiger partial charge in [-0.05, 0) is 18.9 Å². The van der Waals surface area contributed by atoms with E-state index >= 15 is 0 Å². The third kappa shape index (κ3) is 2.61. The highest BCUT2D eigenvalue weighted by Crippen LogP contribution is 2.32. The predicted molar refractivity (Wildman–Crippen MR) is 69.9 cm³/mol. The van der Waals surface area contributed by atoms with Gasteiger partial charge in [0.1, 0.15) is 10.9 Å². The van der Waals surface area contributed by atoms with Crippen LogP contribution in [-0.4, -0.2) is 16.1 Å². The van der Waals surface area contributed by atoms with Gasteiger partial charge < -0.3 is 5.11 Å². The molecule has 4 nitrogen and oxygen atoms in total. The zero-order valence-electron chi connectivity index (χ0n) is 9.31. The average Bonchev–Trinajstić information content (AvgIpc) is 2.73. The lowest BCUT2D eigenvalue weighted by Gasteiger charge is -1.94. The lowest BCUT2D eigenvalue weighted by Crippen LogP contribution is -1.94. The van der Waals surface area contributed by atoms with Crippen molar-refractivity contribution in [1.82, 2.24) is 4.98 Å². The number of aliphatic carboxylic acids is 1. The number of aromatic nitrogens is 1. The van der Waals surface area contributed by atoms with Crippen molar-refractivity contribution in [3.63, 3.8) is 0 Å². The summed E-state index contributed by atoms with van der Waals surface area (Å²) >= 11 is 7.57. The van der Waals surface area contributed by atoms with E-state index < -0.39 is 5.97 Å². The van der Waals surface area contributed by atoms with Gasteiger partial charge in [0.2, 0.25) is 0 Å². The fraction of sp³-hybridized carbons (Fsp3) is 0.250. The fourth-order valence-electron chi connectivity index (χ4n) is 1.62. The van der Waals surface area contributed by atoms with E-state index in [2.05, 4.69) is 4.98 Å². The molecule has 0 bridgehead atoms. The standard InChI is InChI=1S/C12H9ClN2O2S/c13-11-7(5-14)6-15-12-9(11)4-8(18-12)2-1-3-10(16)17/h4,6H,1-3H2,(H,16,17). The Morgan fingerprint density at radius 2 is 2.39 bits per heavy atom. The summed E-state index contributed by atoms with van der Waals surface area (Å²) in [6, 6.07) is 3.87. The summed E-state index contributed by atoms with van der Waals surface area (Å²) in [5, 5.41) is 18.6. The number of aryl methyl sites for hydroxylation is 1. The van der Waals surface area contributed by atoms with Gasteiger partial charge in [-0.2, -0.15) is 5.26 Å². The second-order valence-electron chi connectivity index (χ2n) is 3.78. The topological polar surface area (TPSA) is 74.0 Å². The van der Waals surface area contributed by atoms with Crippen LogP contribution < -0.4 is 0 Å². The lowest BCUT2D eigenvalue weighted by molar-refractivity contribution is -0.137. The lowest BCUT2D eigenvalue weighted by atomic mass is 10.2. The highest BCUT2D eigenvalue weighted by molar-refractivity contribution is 7.18. The minimum absolute atomic E-state index is 0.152. The Morgan fingerprint density at radius 3 is 3.06 bits per heavy atom. The maximum Gasteiger partial charge on any atom is 0.303 e. The van der Waals surface area contributed by atoms with Crippen LogP contribution >= 0.6 is 22.9 Å². The van der Waals surface area contributed by atoms with Crippen molar-refractivity contribution in [1.29, 1.82) is 5.26 Å². The third-order valence-corrected chi connectivity index (χ3v) is 3.99. The van der Waals surface area contributed by atoms with Crippen molar-refractivity contribution in [2.24, 2.45) is 0 Å². The number of halogens is 1. The molecule has 2 rings (SSSR count). The molecule has 0 amide bonds. The molecule has 2 aromatic heterocycles. The van der Waals surface area contributed by atoms with Crippen LogP contribution in [0, 0.1) is 11.3 Å². The number of thiophene rings is 1. The van der Waals surface area contributed by atoms with E-state index in [0.29, 0.717) is 23.4 Å². The Hall–Kier alpha value is -1.64. The molecule has 0 radical (unpaired) electrons. The van der Waals surface area contributed by atoms with E-state index in [1.54, 1.807) is 0 Å². The van der Waals surface area contributed by atoms with Gasteiger partial charge in [-0.1, -0.05) is 11.6 Å². The quantitative estimate of drug-likeness (QED) is 0.933. The molecule has 0 aliphatic carbocycles. The molecule has 0 aromatic carbocycles. The second kappa shape index (κ2) is 5.34. The maximum absolute atomic E-state index is 10.4. The molecule has 0 aliphatic rings. The van der Waals surface area contributed by atoms with Crippen LogP contribution in [0.1, 0.15) is 23.3 Å². The molecule has 0 fully saturated rings. The van der Waals surface area contributed by atoms with Gasteiger partial charge in [-0.15, -0.1) is 11.3 Å². The summed E-state index contributed by atoms with van der Waals surface area (Å²) in [6.07, 6.45) is 2.89. The molecule has 0 unspecified atom stereocenters. The number of carboxylic acids is 1. The number of hydrogen-bond acceptors (Lipinski definition) is 4. The van der Waals surface area contributed by atoms with Crippen molar-refractivity contribution in [3.05, 3.63) is 27.7 Å². The van der Waals surface area contributed by atoms with Gasteiger partial charge in [0.05, 0.1) is 10.6 Å². The van der Waals surface area contributed by atoms with Crippen molar-refractivity contribution >= 4 is 39.1 Å². The molecule has 0 spiro atoms. The first kappa shape index (κ1) is 12.8. The molecule has 2 heterocycles. The van der Waals surface area contributed by atoms with Crippen molar-refractivity contribution in [2.75, 3.05) is 0 Å².